The van der Waals surface area contributed by atoms with Gasteiger partial charge in [-0.25, -0.2) is 4.79 Å². The first-order valence-electron chi connectivity index (χ1n) is 5.59. The number of nitrogens with one attached hydrogen (secondary N) is 1. The lowest BCUT2D eigenvalue weighted by Gasteiger charge is -2.06. The normalized spacial score (nSPS) is 9.90. The molecule has 0 fully saturated rings. The second-order valence-electron chi connectivity index (χ2n) is 3.81. The summed E-state index contributed by atoms with van der Waals surface area (Å²) in [6, 6.07) is 13.2. The molecule has 0 spiro atoms. The van der Waals surface area contributed by atoms with Crippen molar-refractivity contribution in [3.8, 4) is 0 Å². The number of rotatable bonds is 2. The van der Waals surface area contributed by atoms with Crippen molar-refractivity contribution in [2.24, 2.45) is 0 Å². The molecule has 1 N–H and O–H groups in total. The number of amides is 1. The predicted molar refractivity (Wildman–Crippen MR) is 83.5 cm³/mol. The monoisotopic (exact) mass is 401 g/mol. The second kappa shape index (κ2) is 6.71. The van der Waals surface area contributed by atoms with Gasteiger partial charge in [-0.05, 0) is 59.0 Å². The lowest BCUT2D eigenvalue weighted by Crippen LogP contribution is -2.27. The Morgan fingerprint density at radius 3 is 2.35 bits per heavy atom. The zero-order valence-corrected chi connectivity index (χ0v) is 13.0. The number of hydrogen-bond acceptors (Lipinski definition) is 3. The predicted octanol–water partition coefficient (Wildman–Crippen LogP) is 3.45. The highest BCUT2D eigenvalue weighted by Crippen LogP contribution is 2.12. The molecule has 0 aromatic heterocycles. The molecule has 0 heterocycles. The average Bonchev–Trinajstić information content (AvgIpc) is 2.45. The summed E-state index contributed by atoms with van der Waals surface area (Å²) >= 11 is 7.74. The lowest BCUT2D eigenvalue weighted by atomic mass is 10.2. The van der Waals surface area contributed by atoms with Crippen LogP contribution in [0, 0.1) is 3.57 Å². The Balaban J connectivity index is 1.99. The topological polar surface area (TPSA) is 55.4 Å². The molecule has 4 nitrogen and oxygen atoms in total. The highest BCUT2D eigenvalue weighted by atomic mass is 127. The molecule has 102 valence electrons. The molecular weight excluding hydrogens is 393 g/mol. The third-order valence-electron chi connectivity index (χ3n) is 2.44. The number of hydrogen-bond donors (Lipinski definition) is 1. The summed E-state index contributed by atoms with van der Waals surface area (Å²) in [4.78, 5) is 28.3. The van der Waals surface area contributed by atoms with Gasteiger partial charge in [-0.3, -0.25) is 4.79 Å². The van der Waals surface area contributed by atoms with Crippen molar-refractivity contribution in [1.82, 2.24) is 5.48 Å². The van der Waals surface area contributed by atoms with Crippen molar-refractivity contribution in [2.45, 2.75) is 0 Å². The number of benzene rings is 2. The van der Waals surface area contributed by atoms with Gasteiger partial charge in [-0.2, -0.15) is 5.48 Å². The van der Waals surface area contributed by atoms with Crippen LogP contribution in [-0.4, -0.2) is 11.9 Å². The van der Waals surface area contributed by atoms with Crippen LogP contribution in [0.2, 0.25) is 5.02 Å². The summed E-state index contributed by atoms with van der Waals surface area (Å²) in [5.41, 5.74) is 2.85. The summed E-state index contributed by atoms with van der Waals surface area (Å²) in [5, 5.41) is 0.525. The Hall–Kier alpha value is -1.60. The third kappa shape index (κ3) is 3.71. The number of carbonyl (C=O) groups excluding carboxylic acids is 2. The molecule has 0 atom stereocenters. The molecule has 0 radical (unpaired) electrons. The molecule has 0 aliphatic rings. The average molecular weight is 402 g/mol. The van der Waals surface area contributed by atoms with Crippen molar-refractivity contribution < 1.29 is 14.4 Å². The SMILES string of the molecule is O=C(NOC(=O)c1ccccc1I)c1ccc(Cl)cc1. The van der Waals surface area contributed by atoms with E-state index in [0.29, 0.717) is 16.1 Å². The summed E-state index contributed by atoms with van der Waals surface area (Å²) < 4.78 is 0.746. The van der Waals surface area contributed by atoms with Crippen LogP contribution in [0.25, 0.3) is 0 Å². The van der Waals surface area contributed by atoms with E-state index in [-0.39, 0.29) is 0 Å². The fraction of sp³-hybridized carbons (Fsp3) is 0. The minimum atomic E-state index is -0.614. The first-order chi connectivity index (χ1) is 9.58. The second-order valence-corrected chi connectivity index (χ2v) is 5.41. The molecule has 1 amide bonds. The molecule has 0 saturated heterocycles. The van der Waals surface area contributed by atoms with E-state index in [1.807, 2.05) is 28.7 Å². The van der Waals surface area contributed by atoms with Crippen molar-refractivity contribution >= 4 is 46.1 Å². The van der Waals surface area contributed by atoms with Gasteiger partial charge in [0.25, 0.3) is 5.91 Å². The van der Waals surface area contributed by atoms with Gasteiger partial charge >= 0.3 is 5.97 Å². The van der Waals surface area contributed by atoms with E-state index in [9.17, 15) is 9.59 Å². The molecule has 0 saturated carbocycles. The Kier molecular flexibility index (Phi) is 4.97. The summed E-state index contributed by atoms with van der Waals surface area (Å²) in [6.07, 6.45) is 0. The Morgan fingerprint density at radius 2 is 1.70 bits per heavy atom. The molecule has 2 aromatic rings. The van der Waals surface area contributed by atoms with E-state index in [2.05, 4.69) is 5.48 Å². The van der Waals surface area contributed by atoms with E-state index in [1.54, 1.807) is 30.3 Å². The van der Waals surface area contributed by atoms with Gasteiger partial charge < -0.3 is 4.84 Å². The van der Waals surface area contributed by atoms with Crippen molar-refractivity contribution in [3.63, 3.8) is 0 Å². The molecule has 0 unspecified atom stereocenters. The molecule has 6 heteroatoms. The van der Waals surface area contributed by atoms with E-state index in [1.165, 1.54) is 12.1 Å². The fourth-order valence-corrected chi connectivity index (χ4v) is 2.17. The van der Waals surface area contributed by atoms with Gasteiger partial charge in [-0.15, -0.1) is 0 Å². The highest BCUT2D eigenvalue weighted by Gasteiger charge is 2.13. The van der Waals surface area contributed by atoms with Gasteiger partial charge in [0.2, 0.25) is 0 Å². The maximum absolute atomic E-state index is 11.8. The van der Waals surface area contributed by atoms with Gasteiger partial charge in [-0.1, -0.05) is 23.7 Å². The van der Waals surface area contributed by atoms with Crippen LogP contribution >= 0.6 is 34.2 Å². The van der Waals surface area contributed by atoms with Crippen molar-refractivity contribution in [1.29, 1.82) is 0 Å². The number of carbonyl (C=O) groups is 2. The van der Waals surface area contributed by atoms with Crippen LogP contribution < -0.4 is 5.48 Å². The highest BCUT2D eigenvalue weighted by molar-refractivity contribution is 14.1. The molecule has 0 bridgehead atoms. The number of hydroxylamine groups is 1. The molecule has 20 heavy (non-hydrogen) atoms. The zero-order chi connectivity index (χ0) is 14.5. The lowest BCUT2D eigenvalue weighted by molar-refractivity contribution is 0.0229. The van der Waals surface area contributed by atoms with Crippen LogP contribution in [0.1, 0.15) is 20.7 Å². The van der Waals surface area contributed by atoms with Crippen LogP contribution in [-0.2, 0) is 4.84 Å². The first-order valence-corrected chi connectivity index (χ1v) is 7.05. The summed E-state index contributed by atoms with van der Waals surface area (Å²) in [5.74, 6) is -1.13. The Morgan fingerprint density at radius 1 is 1.05 bits per heavy atom. The molecule has 0 aliphatic carbocycles. The van der Waals surface area contributed by atoms with Gasteiger partial charge in [0.15, 0.2) is 0 Å². The minimum Gasteiger partial charge on any atom is -0.335 e. The maximum atomic E-state index is 11.8. The van der Waals surface area contributed by atoms with Crippen LogP contribution in [0.4, 0.5) is 0 Å². The molecule has 0 aliphatic heterocycles. The van der Waals surface area contributed by atoms with E-state index in [4.69, 9.17) is 16.4 Å². The minimum absolute atomic E-state index is 0.352. The summed E-state index contributed by atoms with van der Waals surface area (Å²) in [7, 11) is 0. The van der Waals surface area contributed by atoms with Crippen LogP contribution in [0.5, 0.6) is 0 Å². The van der Waals surface area contributed by atoms with E-state index in [0.717, 1.165) is 3.57 Å². The largest absolute Gasteiger partial charge is 0.364 e. The fourth-order valence-electron chi connectivity index (χ4n) is 1.43. The zero-order valence-electron chi connectivity index (χ0n) is 10.1. The third-order valence-corrected chi connectivity index (χ3v) is 3.63. The Labute approximate surface area is 134 Å². The van der Waals surface area contributed by atoms with Crippen LogP contribution in [0.15, 0.2) is 48.5 Å². The quantitative estimate of drug-likeness (QED) is 0.619. The van der Waals surface area contributed by atoms with E-state index >= 15 is 0 Å². The molecule has 2 rings (SSSR count). The van der Waals surface area contributed by atoms with Crippen LogP contribution in [0.3, 0.4) is 0 Å². The van der Waals surface area contributed by atoms with Crippen molar-refractivity contribution in [3.05, 3.63) is 68.3 Å². The van der Waals surface area contributed by atoms with Gasteiger partial charge in [0.05, 0.1) is 5.56 Å². The number of halogens is 2. The Bertz CT molecular complexity index is 643. The van der Waals surface area contributed by atoms with E-state index < -0.39 is 11.9 Å². The maximum Gasteiger partial charge on any atom is 0.364 e. The summed E-state index contributed by atoms with van der Waals surface area (Å²) in [6.45, 7) is 0. The molecule has 2 aromatic carbocycles. The molecular formula is C14H9ClINO3. The van der Waals surface area contributed by atoms with Crippen molar-refractivity contribution in [2.75, 3.05) is 0 Å². The van der Waals surface area contributed by atoms with Gasteiger partial charge in [0.1, 0.15) is 0 Å². The standard InChI is InChI=1S/C14H9ClINO3/c15-10-7-5-9(6-8-10)13(18)17-20-14(19)11-3-1-2-4-12(11)16/h1-8H,(H,17,18). The first kappa shape index (κ1) is 14.8. The van der Waals surface area contributed by atoms with Gasteiger partial charge in [0, 0.05) is 14.2 Å². The smallest absolute Gasteiger partial charge is 0.335 e.